The molecular weight excluding hydrogens is 313 g/mol. The van der Waals surface area contributed by atoms with Gasteiger partial charge < -0.3 is 15.0 Å². The van der Waals surface area contributed by atoms with E-state index in [-0.39, 0.29) is 13.0 Å². The lowest BCUT2D eigenvalue weighted by Crippen LogP contribution is -2.48. The van der Waals surface area contributed by atoms with Crippen molar-refractivity contribution in [1.29, 1.82) is 0 Å². The number of carbonyl (C=O) groups excluding carboxylic acids is 2. The average molecular weight is 330 g/mol. The molecule has 1 aliphatic heterocycles. The van der Waals surface area contributed by atoms with Gasteiger partial charge in [-0.05, 0) is 31.9 Å². The lowest BCUT2D eigenvalue weighted by molar-refractivity contribution is -0.186. The fraction of sp³-hybridized carbons (Fsp3) is 0.467. The van der Waals surface area contributed by atoms with Crippen molar-refractivity contribution in [3.05, 3.63) is 24.3 Å². The lowest BCUT2D eigenvalue weighted by atomic mass is 10.2. The summed E-state index contributed by atoms with van der Waals surface area (Å²) < 4.78 is 43.1. The summed E-state index contributed by atoms with van der Waals surface area (Å²) in [6, 6.07) is 5.50. The zero-order chi connectivity index (χ0) is 17.0. The third-order valence-electron chi connectivity index (χ3n) is 3.50. The first-order valence-electron chi connectivity index (χ1n) is 7.25. The summed E-state index contributed by atoms with van der Waals surface area (Å²) in [6.45, 7) is 2.08. The van der Waals surface area contributed by atoms with Gasteiger partial charge in [0.1, 0.15) is 11.8 Å². The number of hydrogen-bond acceptors (Lipinski definition) is 3. The van der Waals surface area contributed by atoms with E-state index < -0.39 is 24.0 Å². The first-order valence-corrected chi connectivity index (χ1v) is 7.25. The van der Waals surface area contributed by atoms with Crippen molar-refractivity contribution in [2.75, 3.05) is 18.5 Å². The summed E-state index contributed by atoms with van der Waals surface area (Å²) in [6.07, 6.45) is -4.43. The molecule has 0 radical (unpaired) electrons. The number of hydrogen-bond donors (Lipinski definition) is 1. The Balaban J connectivity index is 2.13. The molecule has 1 heterocycles. The molecule has 0 bridgehead atoms. The fourth-order valence-corrected chi connectivity index (χ4v) is 2.51. The van der Waals surface area contributed by atoms with Gasteiger partial charge in [0.05, 0.1) is 12.3 Å². The highest BCUT2D eigenvalue weighted by Gasteiger charge is 2.47. The number of para-hydroxylation sites is 2. The maximum Gasteiger partial charge on any atom is 0.471 e. The molecule has 0 aliphatic carbocycles. The highest BCUT2D eigenvalue weighted by molar-refractivity contribution is 5.99. The molecule has 1 saturated heterocycles. The predicted molar refractivity (Wildman–Crippen MR) is 77.0 cm³/mol. The van der Waals surface area contributed by atoms with Gasteiger partial charge in [0.25, 0.3) is 0 Å². The van der Waals surface area contributed by atoms with Gasteiger partial charge >= 0.3 is 12.1 Å². The minimum absolute atomic E-state index is 0.0798. The van der Waals surface area contributed by atoms with Crippen LogP contribution in [0, 0.1) is 0 Å². The Labute approximate surface area is 131 Å². The molecule has 1 aromatic rings. The van der Waals surface area contributed by atoms with E-state index >= 15 is 0 Å². The van der Waals surface area contributed by atoms with Crippen molar-refractivity contribution >= 4 is 17.5 Å². The normalized spacial score (nSPS) is 17.9. The molecule has 0 aromatic heterocycles. The summed E-state index contributed by atoms with van der Waals surface area (Å²) in [5, 5.41) is 2.55. The Hall–Kier alpha value is -2.25. The monoisotopic (exact) mass is 330 g/mol. The van der Waals surface area contributed by atoms with Crippen LogP contribution in [0.1, 0.15) is 19.8 Å². The molecule has 1 fully saturated rings. The van der Waals surface area contributed by atoms with E-state index in [4.69, 9.17) is 4.74 Å². The van der Waals surface area contributed by atoms with E-state index in [1.165, 1.54) is 0 Å². The van der Waals surface area contributed by atoms with Gasteiger partial charge in [0, 0.05) is 6.54 Å². The molecule has 1 aliphatic rings. The zero-order valence-electron chi connectivity index (χ0n) is 12.5. The van der Waals surface area contributed by atoms with Gasteiger partial charge in [-0.1, -0.05) is 12.1 Å². The van der Waals surface area contributed by atoms with E-state index in [1.54, 1.807) is 31.2 Å². The summed E-state index contributed by atoms with van der Waals surface area (Å²) in [4.78, 5) is 24.3. The van der Waals surface area contributed by atoms with Gasteiger partial charge in [-0.2, -0.15) is 13.2 Å². The van der Waals surface area contributed by atoms with E-state index in [9.17, 15) is 22.8 Å². The number of carbonyl (C=O) groups is 2. The van der Waals surface area contributed by atoms with Crippen molar-refractivity contribution in [2.24, 2.45) is 0 Å². The molecule has 8 heteroatoms. The van der Waals surface area contributed by atoms with Gasteiger partial charge in [0.2, 0.25) is 5.91 Å². The van der Waals surface area contributed by atoms with Crippen molar-refractivity contribution in [1.82, 2.24) is 4.90 Å². The van der Waals surface area contributed by atoms with Crippen LogP contribution in [0.3, 0.4) is 0 Å². The van der Waals surface area contributed by atoms with Crippen LogP contribution >= 0.6 is 0 Å². The SMILES string of the molecule is CCOc1ccccc1NC(=O)C1CCCN1C(=O)C(F)(F)F. The number of likely N-dealkylation sites (tertiary alicyclic amines) is 1. The van der Waals surface area contributed by atoms with E-state index in [0.29, 0.717) is 29.4 Å². The third kappa shape index (κ3) is 3.94. The number of nitrogens with one attached hydrogen (secondary N) is 1. The maximum absolute atomic E-state index is 12.6. The minimum atomic E-state index is -4.98. The van der Waals surface area contributed by atoms with E-state index in [1.807, 2.05) is 0 Å². The summed E-state index contributed by atoms with van der Waals surface area (Å²) in [5.41, 5.74) is 0.366. The van der Waals surface area contributed by atoms with E-state index in [0.717, 1.165) is 0 Å². The minimum Gasteiger partial charge on any atom is -0.492 e. The summed E-state index contributed by atoms with van der Waals surface area (Å²) >= 11 is 0. The Bertz CT molecular complexity index is 590. The molecule has 1 aromatic carbocycles. The quantitative estimate of drug-likeness (QED) is 0.923. The summed E-state index contributed by atoms with van der Waals surface area (Å²) in [5.74, 6) is -2.20. The van der Waals surface area contributed by atoms with Crippen molar-refractivity contribution < 1.29 is 27.5 Å². The van der Waals surface area contributed by atoms with Gasteiger partial charge in [-0.15, -0.1) is 0 Å². The molecule has 5 nitrogen and oxygen atoms in total. The fourth-order valence-electron chi connectivity index (χ4n) is 2.51. The largest absolute Gasteiger partial charge is 0.492 e. The standard InChI is InChI=1S/C15H17F3N2O3/c1-2-23-12-8-4-3-6-10(12)19-13(21)11-7-5-9-20(11)14(22)15(16,17)18/h3-4,6,8,11H,2,5,7,9H2,1H3,(H,19,21). The maximum atomic E-state index is 12.6. The number of alkyl halides is 3. The highest BCUT2D eigenvalue weighted by Crippen LogP contribution is 2.28. The van der Waals surface area contributed by atoms with Crippen LogP contribution < -0.4 is 10.1 Å². The Morgan fingerprint density at radius 2 is 2.04 bits per heavy atom. The van der Waals surface area contributed by atoms with Crippen LogP contribution in [-0.2, 0) is 9.59 Å². The average Bonchev–Trinajstić information content (AvgIpc) is 2.97. The third-order valence-corrected chi connectivity index (χ3v) is 3.50. The topological polar surface area (TPSA) is 58.6 Å². The molecule has 2 rings (SSSR count). The Kier molecular flexibility index (Phi) is 5.12. The second-order valence-corrected chi connectivity index (χ2v) is 5.07. The lowest BCUT2D eigenvalue weighted by Gasteiger charge is -2.25. The van der Waals surface area contributed by atoms with Gasteiger partial charge in [-0.25, -0.2) is 0 Å². The molecule has 2 amide bonds. The van der Waals surface area contributed by atoms with Crippen LogP contribution in [0.15, 0.2) is 24.3 Å². The molecule has 0 spiro atoms. The van der Waals surface area contributed by atoms with Crippen LogP contribution in [-0.4, -0.2) is 42.1 Å². The molecule has 0 saturated carbocycles. The molecule has 1 unspecified atom stereocenters. The first-order chi connectivity index (χ1) is 10.8. The Morgan fingerprint density at radius 3 is 2.70 bits per heavy atom. The van der Waals surface area contributed by atoms with Crippen molar-refractivity contribution in [3.63, 3.8) is 0 Å². The number of ether oxygens (including phenoxy) is 1. The number of nitrogens with zero attached hydrogens (tertiary/aromatic N) is 1. The number of rotatable bonds is 4. The molecular formula is C15H17F3N2O3. The molecule has 126 valence electrons. The molecule has 1 atom stereocenters. The van der Waals surface area contributed by atoms with Crippen molar-refractivity contribution in [3.8, 4) is 5.75 Å². The van der Waals surface area contributed by atoms with Crippen molar-refractivity contribution in [2.45, 2.75) is 32.0 Å². The molecule has 1 N–H and O–H groups in total. The van der Waals surface area contributed by atoms with Crippen LogP contribution in [0.2, 0.25) is 0 Å². The Morgan fingerprint density at radius 1 is 1.35 bits per heavy atom. The second-order valence-electron chi connectivity index (χ2n) is 5.07. The van der Waals surface area contributed by atoms with Crippen LogP contribution in [0.25, 0.3) is 0 Å². The predicted octanol–water partition coefficient (Wildman–Crippen LogP) is 2.58. The van der Waals surface area contributed by atoms with Crippen LogP contribution in [0.4, 0.5) is 18.9 Å². The number of benzene rings is 1. The van der Waals surface area contributed by atoms with E-state index in [2.05, 4.69) is 5.32 Å². The van der Waals surface area contributed by atoms with Gasteiger partial charge in [0.15, 0.2) is 0 Å². The highest BCUT2D eigenvalue weighted by atomic mass is 19.4. The second kappa shape index (κ2) is 6.89. The number of amides is 2. The number of anilines is 1. The van der Waals surface area contributed by atoms with Gasteiger partial charge in [-0.3, -0.25) is 9.59 Å². The number of halogens is 3. The van der Waals surface area contributed by atoms with Crippen LogP contribution in [0.5, 0.6) is 5.75 Å². The molecule has 23 heavy (non-hydrogen) atoms. The summed E-state index contributed by atoms with van der Waals surface area (Å²) in [7, 11) is 0. The zero-order valence-corrected chi connectivity index (χ0v) is 12.5. The smallest absolute Gasteiger partial charge is 0.471 e. The first kappa shape index (κ1) is 17.1.